The van der Waals surface area contributed by atoms with Crippen LogP contribution in [-0.4, -0.2) is 13.7 Å². The molecule has 0 aliphatic heterocycles. The normalized spacial score (nSPS) is 12.0. The monoisotopic (exact) mass is 275 g/mol. The van der Waals surface area contributed by atoms with E-state index in [1.807, 2.05) is 25.1 Å². The number of rotatable bonds is 5. The first-order chi connectivity index (χ1) is 9.60. The van der Waals surface area contributed by atoms with Crippen molar-refractivity contribution in [2.75, 3.05) is 13.7 Å². The van der Waals surface area contributed by atoms with Gasteiger partial charge in [0.2, 0.25) is 0 Å². The zero-order valence-electron chi connectivity index (χ0n) is 11.6. The third-order valence-electron chi connectivity index (χ3n) is 3.01. The van der Waals surface area contributed by atoms with Crippen molar-refractivity contribution in [3.8, 4) is 11.5 Å². The van der Waals surface area contributed by atoms with Gasteiger partial charge in [-0.2, -0.15) is 0 Å². The molecule has 0 radical (unpaired) electrons. The van der Waals surface area contributed by atoms with Crippen LogP contribution in [0.5, 0.6) is 11.5 Å². The largest absolute Gasteiger partial charge is 0.496 e. The minimum Gasteiger partial charge on any atom is -0.496 e. The third-order valence-corrected chi connectivity index (χ3v) is 3.01. The molecule has 0 bridgehead atoms. The molecule has 1 unspecified atom stereocenters. The first-order valence-electron chi connectivity index (χ1n) is 6.38. The summed E-state index contributed by atoms with van der Waals surface area (Å²) in [5.74, 6) is 0.863. The molecule has 106 valence electrons. The standard InChI is InChI=1S/C16H18FNO2/c1-11-6-7-16(19-2)14(8-11)15(18)10-20-13-5-3-4-12(17)9-13/h3-9,15H,10,18H2,1-2H3. The number of halogens is 1. The Hall–Kier alpha value is -2.07. The van der Waals surface area contributed by atoms with Gasteiger partial charge in [-0.3, -0.25) is 0 Å². The molecule has 0 aliphatic carbocycles. The van der Waals surface area contributed by atoms with Crippen molar-refractivity contribution in [2.24, 2.45) is 5.73 Å². The molecular weight excluding hydrogens is 257 g/mol. The van der Waals surface area contributed by atoms with Crippen molar-refractivity contribution in [1.29, 1.82) is 0 Å². The van der Waals surface area contributed by atoms with Gasteiger partial charge in [-0.25, -0.2) is 4.39 Å². The first kappa shape index (κ1) is 14.3. The van der Waals surface area contributed by atoms with E-state index >= 15 is 0 Å². The van der Waals surface area contributed by atoms with Crippen LogP contribution >= 0.6 is 0 Å². The number of nitrogens with two attached hydrogens (primary N) is 1. The molecule has 0 aliphatic rings. The second-order valence-corrected chi connectivity index (χ2v) is 4.62. The lowest BCUT2D eigenvalue weighted by molar-refractivity contribution is 0.285. The van der Waals surface area contributed by atoms with Gasteiger partial charge >= 0.3 is 0 Å². The number of aryl methyl sites for hydroxylation is 1. The summed E-state index contributed by atoms with van der Waals surface area (Å²) in [5, 5.41) is 0. The zero-order chi connectivity index (χ0) is 14.5. The van der Waals surface area contributed by atoms with Gasteiger partial charge in [0.25, 0.3) is 0 Å². The maximum Gasteiger partial charge on any atom is 0.126 e. The Balaban J connectivity index is 2.08. The van der Waals surface area contributed by atoms with Crippen LogP contribution in [0.15, 0.2) is 42.5 Å². The second kappa shape index (κ2) is 6.39. The van der Waals surface area contributed by atoms with Gasteiger partial charge in [0.1, 0.15) is 23.9 Å². The van der Waals surface area contributed by atoms with E-state index < -0.39 is 0 Å². The summed E-state index contributed by atoms with van der Waals surface area (Å²) in [5.41, 5.74) is 8.11. The summed E-state index contributed by atoms with van der Waals surface area (Å²) in [6, 6.07) is 11.5. The van der Waals surface area contributed by atoms with Crippen LogP contribution in [-0.2, 0) is 0 Å². The van der Waals surface area contributed by atoms with E-state index in [-0.39, 0.29) is 18.5 Å². The van der Waals surface area contributed by atoms with Crippen molar-refractivity contribution in [3.63, 3.8) is 0 Å². The molecule has 2 N–H and O–H groups in total. The van der Waals surface area contributed by atoms with Crippen LogP contribution in [0.1, 0.15) is 17.2 Å². The summed E-state index contributed by atoms with van der Waals surface area (Å²) in [6.07, 6.45) is 0. The zero-order valence-corrected chi connectivity index (χ0v) is 11.6. The average Bonchev–Trinajstić information content (AvgIpc) is 2.45. The SMILES string of the molecule is COc1ccc(C)cc1C(N)COc1cccc(F)c1. The second-order valence-electron chi connectivity index (χ2n) is 4.62. The fraction of sp³-hybridized carbons (Fsp3) is 0.250. The Bertz CT molecular complexity index is 586. The Morgan fingerprint density at radius 1 is 1.20 bits per heavy atom. The highest BCUT2D eigenvalue weighted by molar-refractivity contribution is 5.39. The molecule has 0 amide bonds. The highest BCUT2D eigenvalue weighted by Gasteiger charge is 2.13. The van der Waals surface area contributed by atoms with Crippen LogP contribution < -0.4 is 15.2 Å². The van der Waals surface area contributed by atoms with Gasteiger partial charge in [0, 0.05) is 11.6 Å². The molecule has 1 atom stereocenters. The maximum absolute atomic E-state index is 13.1. The van der Waals surface area contributed by atoms with Gasteiger partial charge in [-0.15, -0.1) is 0 Å². The fourth-order valence-corrected chi connectivity index (χ4v) is 1.98. The smallest absolute Gasteiger partial charge is 0.126 e. The van der Waals surface area contributed by atoms with Crippen molar-refractivity contribution in [3.05, 3.63) is 59.4 Å². The van der Waals surface area contributed by atoms with Crippen LogP contribution in [0.2, 0.25) is 0 Å². The van der Waals surface area contributed by atoms with Crippen molar-refractivity contribution < 1.29 is 13.9 Å². The van der Waals surface area contributed by atoms with Gasteiger partial charge in [-0.1, -0.05) is 23.8 Å². The quantitative estimate of drug-likeness (QED) is 0.911. The number of benzene rings is 2. The Labute approximate surface area is 118 Å². The van der Waals surface area contributed by atoms with Crippen molar-refractivity contribution in [1.82, 2.24) is 0 Å². The molecule has 0 spiro atoms. The van der Waals surface area contributed by atoms with Gasteiger partial charge in [0.05, 0.1) is 13.2 Å². The third kappa shape index (κ3) is 3.48. The molecule has 20 heavy (non-hydrogen) atoms. The molecule has 4 heteroatoms. The van der Waals surface area contributed by atoms with Crippen LogP contribution in [0, 0.1) is 12.7 Å². The molecule has 2 aromatic carbocycles. The summed E-state index contributed by atoms with van der Waals surface area (Å²) < 4.78 is 23.9. The summed E-state index contributed by atoms with van der Waals surface area (Å²) in [6.45, 7) is 2.24. The predicted molar refractivity (Wildman–Crippen MR) is 76.6 cm³/mol. The number of hydrogen-bond acceptors (Lipinski definition) is 3. The van der Waals surface area contributed by atoms with Crippen molar-refractivity contribution >= 4 is 0 Å². The molecule has 3 nitrogen and oxygen atoms in total. The van der Waals surface area contributed by atoms with Gasteiger partial charge in [0.15, 0.2) is 0 Å². The van der Waals surface area contributed by atoms with E-state index in [0.29, 0.717) is 5.75 Å². The Kier molecular flexibility index (Phi) is 4.58. The van der Waals surface area contributed by atoms with Crippen LogP contribution in [0.25, 0.3) is 0 Å². The molecule has 2 aromatic rings. The molecule has 0 fully saturated rings. The predicted octanol–water partition coefficient (Wildman–Crippen LogP) is 3.22. The van der Waals surface area contributed by atoms with E-state index in [1.165, 1.54) is 12.1 Å². The Morgan fingerprint density at radius 2 is 2.00 bits per heavy atom. The highest BCUT2D eigenvalue weighted by atomic mass is 19.1. The average molecular weight is 275 g/mol. The van der Waals surface area contributed by atoms with E-state index in [9.17, 15) is 4.39 Å². The van der Waals surface area contributed by atoms with E-state index in [0.717, 1.165) is 16.9 Å². The van der Waals surface area contributed by atoms with Gasteiger partial charge < -0.3 is 15.2 Å². The molecule has 0 saturated heterocycles. The van der Waals surface area contributed by atoms with Crippen LogP contribution in [0.3, 0.4) is 0 Å². The minimum absolute atomic E-state index is 0.253. The number of ether oxygens (including phenoxy) is 2. The summed E-state index contributed by atoms with van der Waals surface area (Å²) >= 11 is 0. The topological polar surface area (TPSA) is 44.5 Å². The lowest BCUT2D eigenvalue weighted by Gasteiger charge is -2.17. The Morgan fingerprint density at radius 3 is 2.70 bits per heavy atom. The maximum atomic E-state index is 13.1. The van der Waals surface area contributed by atoms with E-state index in [4.69, 9.17) is 15.2 Å². The van der Waals surface area contributed by atoms with Crippen LogP contribution in [0.4, 0.5) is 4.39 Å². The minimum atomic E-state index is -0.340. The van der Waals surface area contributed by atoms with E-state index in [2.05, 4.69) is 0 Å². The summed E-state index contributed by atoms with van der Waals surface area (Å²) in [7, 11) is 1.61. The van der Waals surface area contributed by atoms with Crippen molar-refractivity contribution in [2.45, 2.75) is 13.0 Å². The molecule has 0 aromatic heterocycles. The van der Waals surface area contributed by atoms with E-state index in [1.54, 1.807) is 19.2 Å². The molecule has 0 heterocycles. The highest BCUT2D eigenvalue weighted by Crippen LogP contribution is 2.25. The lowest BCUT2D eigenvalue weighted by atomic mass is 10.0. The molecule has 2 rings (SSSR count). The molecule has 0 saturated carbocycles. The van der Waals surface area contributed by atoms with Gasteiger partial charge in [-0.05, 0) is 25.1 Å². The fourth-order valence-electron chi connectivity index (χ4n) is 1.98. The lowest BCUT2D eigenvalue weighted by Crippen LogP contribution is -2.20. The number of methoxy groups -OCH3 is 1. The first-order valence-corrected chi connectivity index (χ1v) is 6.38. The summed E-state index contributed by atoms with van der Waals surface area (Å²) in [4.78, 5) is 0. The number of hydrogen-bond donors (Lipinski definition) is 1. The molecular formula is C16H18FNO2.